The maximum atomic E-state index is 10.9. The quantitative estimate of drug-likeness (QED) is 0.623. The van der Waals surface area contributed by atoms with Crippen LogP contribution in [0.4, 0.5) is 0 Å². The average Bonchev–Trinajstić information content (AvgIpc) is 2.36. The van der Waals surface area contributed by atoms with Crippen molar-refractivity contribution < 1.29 is 32.8 Å². The summed E-state index contributed by atoms with van der Waals surface area (Å²) in [6.07, 6.45) is 0.460. The number of carboxylic acid groups (broad SMARTS) is 2. The molecule has 0 aliphatic carbocycles. The Balaban J connectivity index is 2.87. The number of benzene rings is 1. The first-order valence-electron chi connectivity index (χ1n) is 6.21. The molecule has 0 aliphatic heterocycles. The van der Waals surface area contributed by atoms with E-state index in [1.165, 1.54) is 24.3 Å². The molecule has 1 atom stereocenters. The number of aliphatic carboxylic acids is 2. The van der Waals surface area contributed by atoms with Gasteiger partial charge in [-0.15, -0.1) is 0 Å². The summed E-state index contributed by atoms with van der Waals surface area (Å²) < 4.78 is 30.7. The molecule has 1 aromatic rings. The summed E-state index contributed by atoms with van der Waals surface area (Å²) in [6, 6.07) is 5.24. The summed E-state index contributed by atoms with van der Waals surface area (Å²) in [5.41, 5.74) is 0.593. The van der Waals surface area contributed by atoms with Crippen molar-refractivity contribution in [2.24, 2.45) is 0 Å². The molecule has 0 spiro atoms. The second-order valence-corrected chi connectivity index (χ2v) is 6.05. The zero-order valence-electron chi connectivity index (χ0n) is 11.1. The van der Waals surface area contributed by atoms with Gasteiger partial charge in [-0.05, 0) is 36.5 Å². The topological polar surface area (TPSA) is 129 Å². The maximum absolute atomic E-state index is 10.9. The van der Waals surface area contributed by atoms with Crippen LogP contribution < -0.4 is 0 Å². The van der Waals surface area contributed by atoms with E-state index in [1.54, 1.807) is 0 Å². The number of hydrogen-bond acceptors (Lipinski definition) is 4. The average molecular weight is 316 g/mol. The van der Waals surface area contributed by atoms with Crippen LogP contribution in [0.5, 0.6) is 0 Å². The lowest BCUT2D eigenvalue weighted by atomic mass is 9.90. The first kappa shape index (κ1) is 17.1. The second-order valence-electron chi connectivity index (χ2n) is 4.62. The van der Waals surface area contributed by atoms with E-state index in [-0.39, 0.29) is 17.7 Å². The number of carbonyl (C=O) groups is 2. The lowest BCUT2D eigenvalue weighted by Gasteiger charge is -2.15. The normalized spacial score (nSPS) is 12.8. The van der Waals surface area contributed by atoms with Crippen LogP contribution in [0, 0.1) is 0 Å². The highest BCUT2D eigenvalue weighted by Crippen LogP contribution is 2.26. The zero-order chi connectivity index (χ0) is 16.0. The Morgan fingerprint density at radius 2 is 1.62 bits per heavy atom. The van der Waals surface area contributed by atoms with Gasteiger partial charge >= 0.3 is 11.9 Å². The van der Waals surface area contributed by atoms with E-state index in [9.17, 15) is 18.0 Å². The van der Waals surface area contributed by atoms with Gasteiger partial charge in [-0.2, -0.15) is 8.42 Å². The molecule has 0 aliphatic rings. The van der Waals surface area contributed by atoms with Crippen LogP contribution >= 0.6 is 0 Å². The molecule has 3 N–H and O–H groups in total. The standard InChI is InChI=1S/C13H16O7S/c14-12(15)3-1-2-10(8-13(16)17)9-4-6-11(7-5-9)21(18,19)20/h4-7,10H,1-3,8H2,(H,14,15)(H,16,17)(H,18,19,20). The van der Waals surface area contributed by atoms with E-state index in [0.29, 0.717) is 18.4 Å². The minimum atomic E-state index is -4.29. The fourth-order valence-corrected chi connectivity index (χ4v) is 2.49. The van der Waals surface area contributed by atoms with E-state index in [0.717, 1.165) is 0 Å². The van der Waals surface area contributed by atoms with Crippen molar-refractivity contribution in [3.8, 4) is 0 Å². The monoisotopic (exact) mass is 316 g/mol. The van der Waals surface area contributed by atoms with Gasteiger partial charge in [-0.25, -0.2) is 0 Å². The first-order valence-corrected chi connectivity index (χ1v) is 7.65. The van der Waals surface area contributed by atoms with Gasteiger partial charge in [-0.3, -0.25) is 14.1 Å². The molecule has 0 amide bonds. The fraction of sp³-hybridized carbons (Fsp3) is 0.385. The summed E-state index contributed by atoms with van der Waals surface area (Å²) in [7, 11) is -4.29. The molecule has 21 heavy (non-hydrogen) atoms. The van der Waals surface area contributed by atoms with Crippen LogP contribution in [-0.2, 0) is 19.7 Å². The molecule has 8 heteroatoms. The molecule has 1 unspecified atom stereocenters. The molecule has 1 aromatic carbocycles. The Bertz CT molecular complexity index is 604. The number of rotatable bonds is 8. The van der Waals surface area contributed by atoms with Crippen molar-refractivity contribution in [1.82, 2.24) is 0 Å². The molecule has 0 fully saturated rings. The van der Waals surface area contributed by atoms with Gasteiger partial charge in [0.1, 0.15) is 0 Å². The number of hydrogen-bond donors (Lipinski definition) is 3. The van der Waals surface area contributed by atoms with Gasteiger partial charge in [-0.1, -0.05) is 12.1 Å². The molecular weight excluding hydrogens is 300 g/mol. The van der Waals surface area contributed by atoms with Crippen molar-refractivity contribution in [2.45, 2.75) is 36.5 Å². The molecule has 116 valence electrons. The van der Waals surface area contributed by atoms with Crippen molar-refractivity contribution in [1.29, 1.82) is 0 Å². The molecule has 7 nitrogen and oxygen atoms in total. The largest absolute Gasteiger partial charge is 0.481 e. The Hall–Kier alpha value is -1.93. The molecule has 0 saturated carbocycles. The Morgan fingerprint density at radius 1 is 1.05 bits per heavy atom. The summed E-state index contributed by atoms with van der Waals surface area (Å²) in [5.74, 6) is -2.38. The first-order chi connectivity index (χ1) is 9.70. The van der Waals surface area contributed by atoms with Crippen molar-refractivity contribution in [3.05, 3.63) is 29.8 Å². The summed E-state index contributed by atoms with van der Waals surface area (Å²) in [5, 5.41) is 17.5. The van der Waals surface area contributed by atoms with Gasteiger partial charge in [0.15, 0.2) is 0 Å². The second kappa shape index (κ2) is 7.19. The molecule has 1 rings (SSSR count). The summed E-state index contributed by atoms with van der Waals surface area (Å²) >= 11 is 0. The van der Waals surface area contributed by atoms with Gasteiger partial charge in [0, 0.05) is 6.42 Å². The fourth-order valence-electron chi connectivity index (χ4n) is 2.01. The molecule has 0 heterocycles. The van der Waals surface area contributed by atoms with Crippen LogP contribution in [-0.4, -0.2) is 35.1 Å². The third kappa shape index (κ3) is 5.92. The number of carboxylic acids is 2. The van der Waals surface area contributed by atoms with Crippen LogP contribution in [0.1, 0.15) is 37.2 Å². The Kier molecular flexibility index (Phi) is 5.86. The molecule has 0 aromatic heterocycles. The highest BCUT2D eigenvalue weighted by Gasteiger charge is 2.17. The van der Waals surface area contributed by atoms with Gasteiger partial charge in [0.2, 0.25) is 0 Å². The third-order valence-corrected chi connectivity index (χ3v) is 3.88. The van der Waals surface area contributed by atoms with Crippen LogP contribution in [0.3, 0.4) is 0 Å². The molecular formula is C13H16O7S. The van der Waals surface area contributed by atoms with Gasteiger partial charge < -0.3 is 10.2 Å². The van der Waals surface area contributed by atoms with Crippen LogP contribution in [0.25, 0.3) is 0 Å². The Morgan fingerprint density at radius 3 is 2.05 bits per heavy atom. The minimum Gasteiger partial charge on any atom is -0.481 e. The highest BCUT2D eigenvalue weighted by molar-refractivity contribution is 7.85. The van der Waals surface area contributed by atoms with Crippen molar-refractivity contribution >= 4 is 22.1 Å². The van der Waals surface area contributed by atoms with Gasteiger partial charge in [0.25, 0.3) is 10.1 Å². The van der Waals surface area contributed by atoms with Gasteiger partial charge in [0.05, 0.1) is 11.3 Å². The molecule has 0 saturated heterocycles. The smallest absolute Gasteiger partial charge is 0.303 e. The predicted octanol–water partition coefficient (Wildman–Crippen LogP) is 1.75. The lowest BCUT2D eigenvalue weighted by Crippen LogP contribution is -2.08. The zero-order valence-corrected chi connectivity index (χ0v) is 11.9. The predicted molar refractivity (Wildman–Crippen MR) is 72.7 cm³/mol. The molecule has 0 radical (unpaired) electrons. The highest BCUT2D eigenvalue weighted by atomic mass is 32.2. The van der Waals surface area contributed by atoms with E-state index in [2.05, 4.69) is 0 Å². The summed E-state index contributed by atoms with van der Waals surface area (Å²) in [6.45, 7) is 0. The van der Waals surface area contributed by atoms with Crippen molar-refractivity contribution in [2.75, 3.05) is 0 Å². The third-order valence-electron chi connectivity index (χ3n) is 3.01. The summed E-state index contributed by atoms with van der Waals surface area (Å²) in [4.78, 5) is 21.1. The lowest BCUT2D eigenvalue weighted by molar-refractivity contribution is -0.137. The van der Waals surface area contributed by atoms with E-state index in [1.807, 2.05) is 0 Å². The van der Waals surface area contributed by atoms with E-state index >= 15 is 0 Å². The maximum Gasteiger partial charge on any atom is 0.303 e. The van der Waals surface area contributed by atoms with Crippen molar-refractivity contribution in [3.63, 3.8) is 0 Å². The Labute approximate surface area is 122 Å². The van der Waals surface area contributed by atoms with Crippen LogP contribution in [0.2, 0.25) is 0 Å². The van der Waals surface area contributed by atoms with E-state index < -0.39 is 28.0 Å². The van der Waals surface area contributed by atoms with Crippen LogP contribution in [0.15, 0.2) is 29.2 Å². The van der Waals surface area contributed by atoms with E-state index in [4.69, 9.17) is 14.8 Å². The minimum absolute atomic E-state index is 0.0563. The SMILES string of the molecule is O=C(O)CCCC(CC(=O)O)c1ccc(S(=O)(=O)O)cc1. The molecule has 0 bridgehead atoms.